The highest BCUT2D eigenvalue weighted by molar-refractivity contribution is 5.92. The number of rotatable bonds is 6. The van der Waals surface area contributed by atoms with Crippen LogP contribution in [0.4, 0.5) is 4.39 Å². The van der Waals surface area contributed by atoms with E-state index in [1.54, 1.807) is 25.1 Å². The van der Waals surface area contributed by atoms with Gasteiger partial charge in [-0.1, -0.05) is 6.07 Å². The second kappa shape index (κ2) is 7.15. The van der Waals surface area contributed by atoms with E-state index in [9.17, 15) is 9.18 Å². The van der Waals surface area contributed by atoms with Gasteiger partial charge >= 0.3 is 0 Å². The molecule has 1 aromatic heterocycles. The van der Waals surface area contributed by atoms with E-state index in [-0.39, 0.29) is 43.7 Å². The molecule has 6 nitrogen and oxygen atoms in total. The highest BCUT2D eigenvalue weighted by Gasteiger charge is 2.19. The Morgan fingerprint density at radius 1 is 1.27 bits per heavy atom. The van der Waals surface area contributed by atoms with Gasteiger partial charge in [-0.15, -0.1) is 0 Å². The fourth-order valence-electron chi connectivity index (χ4n) is 2.17. The average molecular weight is 307 g/mol. The van der Waals surface area contributed by atoms with E-state index in [0.717, 1.165) is 0 Å². The van der Waals surface area contributed by atoms with Gasteiger partial charge < -0.3 is 15.1 Å². The lowest BCUT2D eigenvalue weighted by molar-refractivity contribution is 0.0678. The summed E-state index contributed by atoms with van der Waals surface area (Å²) in [5.41, 5.74) is 1.39. The number of amides is 1. The van der Waals surface area contributed by atoms with Crippen LogP contribution in [0.3, 0.4) is 0 Å². The number of nitrogens with zero attached hydrogens (tertiary/aromatic N) is 3. The summed E-state index contributed by atoms with van der Waals surface area (Å²) in [6.45, 7) is 1.60. The van der Waals surface area contributed by atoms with E-state index in [0.29, 0.717) is 11.4 Å². The Morgan fingerprint density at radius 3 is 2.55 bits per heavy atom. The quantitative estimate of drug-likeness (QED) is 0.825. The first-order valence-electron chi connectivity index (χ1n) is 6.90. The van der Waals surface area contributed by atoms with Gasteiger partial charge in [0.1, 0.15) is 5.82 Å². The van der Waals surface area contributed by atoms with Crippen LogP contribution in [0.15, 0.2) is 30.3 Å². The Bertz CT molecular complexity index is 651. The molecule has 1 aromatic carbocycles. The predicted molar refractivity (Wildman–Crippen MR) is 78.3 cm³/mol. The normalized spacial score (nSPS) is 10.7. The summed E-state index contributed by atoms with van der Waals surface area (Å²) in [4.78, 5) is 13.7. The molecule has 118 valence electrons. The SMILES string of the molecule is Cc1cc(C(=O)N(CCO)CCO)nn1-c1cccc(F)c1. The van der Waals surface area contributed by atoms with Gasteiger partial charge in [-0.2, -0.15) is 5.10 Å². The van der Waals surface area contributed by atoms with Crippen molar-refractivity contribution in [3.63, 3.8) is 0 Å². The second-order valence-corrected chi connectivity index (χ2v) is 4.80. The monoisotopic (exact) mass is 307 g/mol. The standard InChI is InChI=1S/C15H18FN3O3/c1-11-9-14(15(22)18(5-7-20)6-8-21)17-19(11)13-4-2-3-12(16)10-13/h2-4,9-10,20-21H,5-8H2,1H3. The number of aryl methyl sites for hydroxylation is 1. The molecule has 0 atom stereocenters. The van der Waals surface area contributed by atoms with E-state index in [1.165, 1.54) is 21.7 Å². The number of benzene rings is 1. The summed E-state index contributed by atoms with van der Waals surface area (Å²) in [5, 5.41) is 22.2. The summed E-state index contributed by atoms with van der Waals surface area (Å²) in [6.07, 6.45) is 0. The molecule has 0 saturated carbocycles. The third-order valence-corrected chi connectivity index (χ3v) is 3.19. The highest BCUT2D eigenvalue weighted by Crippen LogP contribution is 2.14. The zero-order valence-electron chi connectivity index (χ0n) is 12.2. The van der Waals surface area contributed by atoms with Crippen molar-refractivity contribution in [1.82, 2.24) is 14.7 Å². The molecule has 0 fully saturated rings. The lowest BCUT2D eigenvalue weighted by Crippen LogP contribution is -2.36. The molecule has 0 aliphatic heterocycles. The molecule has 22 heavy (non-hydrogen) atoms. The molecule has 0 aliphatic rings. The first-order chi connectivity index (χ1) is 10.6. The van der Waals surface area contributed by atoms with Gasteiger partial charge in [0.25, 0.3) is 5.91 Å². The zero-order chi connectivity index (χ0) is 16.1. The predicted octanol–water partition coefficient (Wildman–Crippen LogP) is 0.747. The van der Waals surface area contributed by atoms with Crippen molar-refractivity contribution in [2.24, 2.45) is 0 Å². The third kappa shape index (κ3) is 3.49. The summed E-state index contributed by atoms with van der Waals surface area (Å²) in [5.74, 6) is -0.774. The van der Waals surface area contributed by atoms with Crippen molar-refractivity contribution in [3.8, 4) is 5.69 Å². The smallest absolute Gasteiger partial charge is 0.274 e. The summed E-state index contributed by atoms with van der Waals surface area (Å²) in [6, 6.07) is 7.51. The third-order valence-electron chi connectivity index (χ3n) is 3.19. The topological polar surface area (TPSA) is 78.6 Å². The fraction of sp³-hybridized carbons (Fsp3) is 0.333. The molecular formula is C15H18FN3O3. The van der Waals surface area contributed by atoms with Crippen LogP contribution in [0.25, 0.3) is 5.69 Å². The molecule has 0 saturated heterocycles. The average Bonchev–Trinajstić information content (AvgIpc) is 2.88. The molecule has 1 heterocycles. The Kier molecular flexibility index (Phi) is 5.24. The Morgan fingerprint density at radius 2 is 1.95 bits per heavy atom. The molecule has 0 bridgehead atoms. The second-order valence-electron chi connectivity index (χ2n) is 4.80. The highest BCUT2D eigenvalue weighted by atomic mass is 19.1. The van der Waals surface area contributed by atoms with Crippen LogP contribution < -0.4 is 0 Å². The minimum absolute atomic E-state index is 0.116. The van der Waals surface area contributed by atoms with E-state index in [1.807, 2.05) is 0 Å². The molecule has 2 rings (SSSR count). The van der Waals surface area contributed by atoms with E-state index in [4.69, 9.17) is 10.2 Å². The lowest BCUT2D eigenvalue weighted by Gasteiger charge is -2.19. The largest absolute Gasteiger partial charge is 0.395 e. The summed E-state index contributed by atoms with van der Waals surface area (Å²) in [7, 11) is 0. The minimum atomic E-state index is -0.388. The maximum absolute atomic E-state index is 13.3. The number of halogens is 1. The Labute approximate surface area is 127 Å². The number of aliphatic hydroxyl groups is 2. The van der Waals surface area contributed by atoms with Crippen molar-refractivity contribution in [3.05, 3.63) is 47.5 Å². The van der Waals surface area contributed by atoms with E-state index >= 15 is 0 Å². The van der Waals surface area contributed by atoms with E-state index < -0.39 is 0 Å². The molecular weight excluding hydrogens is 289 g/mol. The van der Waals surface area contributed by atoms with Crippen molar-refractivity contribution in [1.29, 1.82) is 0 Å². The minimum Gasteiger partial charge on any atom is -0.395 e. The van der Waals surface area contributed by atoms with Crippen LogP contribution in [0, 0.1) is 12.7 Å². The van der Waals surface area contributed by atoms with Gasteiger partial charge in [0, 0.05) is 18.8 Å². The summed E-state index contributed by atoms with van der Waals surface area (Å²) >= 11 is 0. The maximum Gasteiger partial charge on any atom is 0.274 e. The van der Waals surface area contributed by atoms with Gasteiger partial charge in [-0.05, 0) is 31.2 Å². The van der Waals surface area contributed by atoms with Gasteiger partial charge in [0.05, 0.1) is 18.9 Å². The number of aromatic nitrogens is 2. The molecule has 2 aromatic rings. The zero-order valence-corrected chi connectivity index (χ0v) is 12.2. The lowest BCUT2D eigenvalue weighted by atomic mass is 10.3. The van der Waals surface area contributed by atoms with E-state index in [2.05, 4.69) is 5.10 Å². The number of carbonyl (C=O) groups excluding carboxylic acids is 1. The molecule has 0 spiro atoms. The number of carbonyl (C=O) groups is 1. The van der Waals surface area contributed by atoms with Gasteiger partial charge in [-0.3, -0.25) is 4.79 Å². The van der Waals surface area contributed by atoms with Gasteiger partial charge in [-0.25, -0.2) is 9.07 Å². The number of hydrogen-bond acceptors (Lipinski definition) is 4. The number of aliphatic hydroxyl groups excluding tert-OH is 2. The molecule has 1 amide bonds. The van der Waals surface area contributed by atoms with Crippen LogP contribution in [-0.4, -0.2) is 57.1 Å². The van der Waals surface area contributed by atoms with Gasteiger partial charge in [0.2, 0.25) is 0 Å². The van der Waals surface area contributed by atoms with Crippen LogP contribution in [-0.2, 0) is 0 Å². The fourth-order valence-corrected chi connectivity index (χ4v) is 2.17. The maximum atomic E-state index is 13.3. The van der Waals surface area contributed by atoms with Crippen LogP contribution in [0.1, 0.15) is 16.2 Å². The van der Waals surface area contributed by atoms with Crippen LogP contribution in [0.2, 0.25) is 0 Å². The van der Waals surface area contributed by atoms with Gasteiger partial charge in [0.15, 0.2) is 5.69 Å². The summed E-state index contributed by atoms with van der Waals surface area (Å²) < 4.78 is 14.8. The molecule has 0 radical (unpaired) electrons. The Hall–Kier alpha value is -2.25. The van der Waals surface area contributed by atoms with Crippen molar-refractivity contribution < 1.29 is 19.4 Å². The van der Waals surface area contributed by atoms with Crippen molar-refractivity contribution in [2.75, 3.05) is 26.3 Å². The first-order valence-corrected chi connectivity index (χ1v) is 6.90. The molecule has 0 unspecified atom stereocenters. The molecule has 7 heteroatoms. The Balaban J connectivity index is 2.30. The van der Waals surface area contributed by atoms with Crippen molar-refractivity contribution >= 4 is 5.91 Å². The molecule has 0 aliphatic carbocycles. The number of hydrogen-bond donors (Lipinski definition) is 2. The first kappa shape index (κ1) is 16.1. The van der Waals surface area contributed by atoms with Crippen molar-refractivity contribution in [2.45, 2.75) is 6.92 Å². The van der Waals surface area contributed by atoms with Crippen LogP contribution in [0.5, 0.6) is 0 Å². The van der Waals surface area contributed by atoms with Crippen LogP contribution >= 0.6 is 0 Å². The molecule has 2 N–H and O–H groups in total.